The van der Waals surface area contributed by atoms with E-state index in [-0.39, 0.29) is 12.1 Å². The molecule has 0 aromatic rings. The van der Waals surface area contributed by atoms with Crippen molar-refractivity contribution in [3.63, 3.8) is 0 Å². The average molecular weight is 284 g/mol. The minimum atomic E-state index is -0.667. The van der Waals surface area contributed by atoms with E-state index in [9.17, 15) is 4.79 Å². The quantitative estimate of drug-likeness (QED) is 0.370. The molecule has 0 bridgehead atoms. The summed E-state index contributed by atoms with van der Waals surface area (Å²) in [5.41, 5.74) is -0.667. The summed E-state index contributed by atoms with van der Waals surface area (Å²) in [6, 6.07) is 0. The number of rotatable bonds is 9. The Labute approximate surface area is 122 Å². The maximum atomic E-state index is 12.4. The molecule has 0 spiro atoms. The van der Waals surface area contributed by atoms with Crippen molar-refractivity contribution in [3.05, 3.63) is 0 Å². The molecule has 2 fully saturated rings. The largest absolute Gasteiger partial charge is 0.461 e. The molecule has 2 rings (SSSR count). The normalized spacial score (nSPS) is 24.4. The third-order valence-electron chi connectivity index (χ3n) is 4.21. The van der Waals surface area contributed by atoms with Gasteiger partial charge >= 0.3 is 5.97 Å². The van der Waals surface area contributed by atoms with Crippen molar-refractivity contribution in [2.75, 3.05) is 19.8 Å². The molecule has 1 heterocycles. The van der Waals surface area contributed by atoms with E-state index in [4.69, 9.17) is 14.2 Å². The van der Waals surface area contributed by atoms with E-state index < -0.39 is 5.60 Å². The Hall–Kier alpha value is -0.610. The van der Waals surface area contributed by atoms with Gasteiger partial charge < -0.3 is 14.2 Å². The van der Waals surface area contributed by atoms with Crippen LogP contribution in [-0.2, 0) is 19.0 Å². The van der Waals surface area contributed by atoms with E-state index in [1.807, 2.05) is 0 Å². The molecule has 20 heavy (non-hydrogen) atoms. The van der Waals surface area contributed by atoms with Crippen LogP contribution < -0.4 is 0 Å². The molecule has 1 atom stereocenters. The molecule has 116 valence electrons. The number of ether oxygens (including phenoxy) is 3. The summed E-state index contributed by atoms with van der Waals surface area (Å²) in [7, 11) is 0. The minimum Gasteiger partial charge on any atom is -0.461 e. The number of epoxide rings is 1. The standard InChI is InChI=1S/C16H28O4/c1-2-3-4-8-11-20-16(9-6-5-7-10-16)15(17)19-13-14-12-18-14/h14H,2-13H2,1H3. The van der Waals surface area contributed by atoms with Gasteiger partial charge in [0.05, 0.1) is 6.61 Å². The average Bonchev–Trinajstić information content (AvgIpc) is 3.30. The third-order valence-corrected chi connectivity index (χ3v) is 4.21. The molecule has 0 aromatic carbocycles. The fourth-order valence-corrected chi connectivity index (χ4v) is 2.79. The van der Waals surface area contributed by atoms with E-state index >= 15 is 0 Å². The Bertz CT molecular complexity index is 293. The van der Waals surface area contributed by atoms with E-state index in [0.717, 1.165) is 38.7 Å². The predicted octanol–water partition coefficient (Wildman–Crippen LogP) is 3.23. The molecule has 1 aliphatic heterocycles. The Morgan fingerprint density at radius 1 is 1.20 bits per heavy atom. The summed E-state index contributed by atoms with van der Waals surface area (Å²) >= 11 is 0. The smallest absolute Gasteiger partial charge is 0.338 e. The maximum Gasteiger partial charge on any atom is 0.338 e. The minimum absolute atomic E-state index is 0.129. The molecule has 0 radical (unpaired) electrons. The lowest BCUT2D eigenvalue weighted by Crippen LogP contribution is -2.45. The van der Waals surface area contributed by atoms with Crippen molar-refractivity contribution in [1.29, 1.82) is 0 Å². The third kappa shape index (κ3) is 4.74. The van der Waals surface area contributed by atoms with Crippen LogP contribution in [-0.4, -0.2) is 37.5 Å². The highest BCUT2D eigenvalue weighted by Crippen LogP contribution is 2.33. The van der Waals surface area contributed by atoms with Crippen LogP contribution >= 0.6 is 0 Å². The van der Waals surface area contributed by atoms with Gasteiger partial charge in [-0.1, -0.05) is 32.6 Å². The number of hydrogen-bond acceptors (Lipinski definition) is 4. The molecule has 1 unspecified atom stereocenters. The molecule has 0 aromatic heterocycles. The Morgan fingerprint density at radius 2 is 1.95 bits per heavy atom. The Kier molecular flexibility index (Phi) is 6.30. The van der Waals surface area contributed by atoms with Crippen LogP contribution in [0.15, 0.2) is 0 Å². The summed E-state index contributed by atoms with van der Waals surface area (Å²) in [5.74, 6) is -0.164. The van der Waals surface area contributed by atoms with Crippen LogP contribution in [0.25, 0.3) is 0 Å². The molecule has 1 saturated heterocycles. The van der Waals surface area contributed by atoms with Crippen LogP contribution in [0.2, 0.25) is 0 Å². The first-order valence-electron chi connectivity index (χ1n) is 8.19. The van der Waals surface area contributed by atoms with Crippen molar-refractivity contribution in [1.82, 2.24) is 0 Å². The molecule has 4 heteroatoms. The first-order valence-corrected chi connectivity index (χ1v) is 8.19. The van der Waals surface area contributed by atoms with Crippen molar-refractivity contribution < 1.29 is 19.0 Å². The van der Waals surface area contributed by atoms with Gasteiger partial charge in [0.25, 0.3) is 0 Å². The molecule has 1 saturated carbocycles. The predicted molar refractivity (Wildman–Crippen MR) is 76.6 cm³/mol. The Balaban J connectivity index is 1.78. The highest BCUT2D eigenvalue weighted by Gasteiger charge is 2.42. The van der Waals surface area contributed by atoms with Gasteiger partial charge in [-0.2, -0.15) is 0 Å². The topological polar surface area (TPSA) is 48.1 Å². The van der Waals surface area contributed by atoms with Gasteiger partial charge in [0.2, 0.25) is 0 Å². The van der Waals surface area contributed by atoms with Crippen LogP contribution in [0.3, 0.4) is 0 Å². The number of hydrogen-bond donors (Lipinski definition) is 0. The summed E-state index contributed by atoms with van der Waals surface area (Å²) in [4.78, 5) is 12.4. The van der Waals surface area contributed by atoms with Gasteiger partial charge in [0.1, 0.15) is 12.7 Å². The summed E-state index contributed by atoms with van der Waals surface area (Å²) in [6.45, 7) is 3.98. The monoisotopic (exact) mass is 284 g/mol. The van der Waals surface area contributed by atoms with Crippen molar-refractivity contribution in [2.24, 2.45) is 0 Å². The molecule has 0 amide bonds. The van der Waals surface area contributed by atoms with Gasteiger partial charge in [-0.25, -0.2) is 4.79 Å². The molecule has 2 aliphatic rings. The molecular weight excluding hydrogens is 256 g/mol. The first-order chi connectivity index (χ1) is 9.77. The zero-order chi connectivity index (χ0) is 14.3. The molecular formula is C16H28O4. The summed E-state index contributed by atoms with van der Waals surface area (Å²) < 4.78 is 16.5. The fourth-order valence-electron chi connectivity index (χ4n) is 2.79. The van der Waals surface area contributed by atoms with Crippen LogP contribution in [0.5, 0.6) is 0 Å². The zero-order valence-corrected chi connectivity index (χ0v) is 12.7. The number of esters is 1. The molecule has 0 N–H and O–H groups in total. The van der Waals surface area contributed by atoms with Gasteiger partial charge in [-0.15, -0.1) is 0 Å². The SMILES string of the molecule is CCCCCCOC1(C(=O)OCC2CO2)CCCCC1. The fraction of sp³-hybridized carbons (Fsp3) is 0.938. The molecule has 4 nitrogen and oxygen atoms in total. The highest BCUT2D eigenvalue weighted by molar-refractivity contribution is 5.79. The second-order valence-electron chi connectivity index (χ2n) is 6.02. The second kappa shape index (κ2) is 7.99. The van der Waals surface area contributed by atoms with Crippen LogP contribution in [0.4, 0.5) is 0 Å². The van der Waals surface area contributed by atoms with E-state index in [1.165, 1.54) is 25.7 Å². The van der Waals surface area contributed by atoms with Gasteiger partial charge in [-0.3, -0.25) is 0 Å². The highest BCUT2D eigenvalue weighted by atomic mass is 16.6. The summed E-state index contributed by atoms with van der Waals surface area (Å²) in [6.07, 6.45) is 9.73. The number of carbonyl (C=O) groups is 1. The second-order valence-corrected chi connectivity index (χ2v) is 6.02. The van der Waals surface area contributed by atoms with E-state index in [1.54, 1.807) is 0 Å². The van der Waals surface area contributed by atoms with Crippen LogP contribution in [0.1, 0.15) is 64.7 Å². The van der Waals surface area contributed by atoms with Crippen molar-refractivity contribution in [3.8, 4) is 0 Å². The molecule has 1 aliphatic carbocycles. The number of unbranched alkanes of at least 4 members (excludes halogenated alkanes) is 3. The maximum absolute atomic E-state index is 12.4. The van der Waals surface area contributed by atoms with Crippen molar-refractivity contribution >= 4 is 5.97 Å². The lowest BCUT2D eigenvalue weighted by molar-refractivity contribution is -0.178. The van der Waals surface area contributed by atoms with Crippen LogP contribution in [0, 0.1) is 0 Å². The van der Waals surface area contributed by atoms with Gasteiger partial charge in [0.15, 0.2) is 5.60 Å². The zero-order valence-electron chi connectivity index (χ0n) is 12.7. The van der Waals surface area contributed by atoms with Gasteiger partial charge in [-0.05, 0) is 32.1 Å². The Morgan fingerprint density at radius 3 is 2.60 bits per heavy atom. The first kappa shape index (κ1) is 15.8. The summed E-state index contributed by atoms with van der Waals surface area (Å²) in [5, 5.41) is 0. The number of carbonyl (C=O) groups excluding carboxylic acids is 1. The van der Waals surface area contributed by atoms with E-state index in [2.05, 4.69) is 6.92 Å². The van der Waals surface area contributed by atoms with Crippen molar-refractivity contribution in [2.45, 2.75) is 76.4 Å². The van der Waals surface area contributed by atoms with E-state index in [0.29, 0.717) is 13.2 Å². The lowest BCUT2D eigenvalue weighted by Gasteiger charge is -2.34. The lowest BCUT2D eigenvalue weighted by atomic mass is 9.84. The van der Waals surface area contributed by atoms with Gasteiger partial charge in [0, 0.05) is 6.61 Å².